The summed E-state index contributed by atoms with van der Waals surface area (Å²) in [5, 5.41) is 0. The molecule has 0 saturated heterocycles. The normalized spacial score (nSPS) is 13.2. The first-order valence-corrected chi connectivity index (χ1v) is 16.4. The summed E-state index contributed by atoms with van der Waals surface area (Å²) in [7, 11) is 0. The van der Waals surface area contributed by atoms with Gasteiger partial charge in [-0.3, -0.25) is 0 Å². The fourth-order valence-corrected chi connectivity index (χ4v) is 9.25. The van der Waals surface area contributed by atoms with E-state index in [9.17, 15) is 0 Å². The molecule has 0 saturated carbocycles. The molecule has 0 N–H and O–H groups in total. The molecule has 6 rings (SSSR count). The van der Waals surface area contributed by atoms with Gasteiger partial charge in [0, 0.05) is 0 Å². The summed E-state index contributed by atoms with van der Waals surface area (Å²) in [6.07, 6.45) is 11.4. The summed E-state index contributed by atoms with van der Waals surface area (Å²) in [5.74, 6) is 0. The quantitative estimate of drug-likeness (QED) is 0.165. The molecule has 0 radical (unpaired) electrons. The summed E-state index contributed by atoms with van der Waals surface area (Å²) in [5.41, 5.74) is 7.70. The van der Waals surface area contributed by atoms with Crippen molar-refractivity contribution in [1.82, 2.24) is 0 Å². The Morgan fingerprint density at radius 2 is 0.897 bits per heavy atom. The van der Waals surface area contributed by atoms with E-state index in [2.05, 4.69) is 164 Å². The van der Waals surface area contributed by atoms with E-state index in [1.807, 2.05) is 0 Å². The van der Waals surface area contributed by atoms with Gasteiger partial charge in [-0.05, 0) is 0 Å². The molecule has 1 aliphatic rings. The molecule has 5 aromatic rings. The van der Waals surface area contributed by atoms with E-state index < -0.39 is 0 Å². The molecule has 1 aliphatic heterocycles. The first kappa shape index (κ1) is 25.5. The zero-order valence-electron chi connectivity index (χ0n) is 21.4. The molecule has 0 unspecified atom stereocenters. The van der Waals surface area contributed by atoms with Crippen molar-refractivity contribution in [2.75, 3.05) is 0 Å². The van der Waals surface area contributed by atoms with Gasteiger partial charge in [0.05, 0.1) is 0 Å². The van der Waals surface area contributed by atoms with E-state index in [1.54, 1.807) is 0 Å². The third kappa shape index (κ3) is 6.45. The van der Waals surface area contributed by atoms with Crippen LogP contribution in [0, 0.1) is 0 Å². The molecule has 2 heteroatoms. The van der Waals surface area contributed by atoms with E-state index in [0.29, 0.717) is 0 Å². The first-order valence-electron chi connectivity index (χ1n) is 13.0. The van der Waals surface area contributed by atoms with Crippen LogP contribution in [0.1, 0.15) is 16.7 Å². The molecular formula is C37H27Se2+. The molecule has 0 spiro atoms. The fourth-order valence-electron chi connectivity index (χ4n) is 4.49. The molecule has 0 bridgehead atoms. The molecule has 0 amide bonds. The van der Waals surface area contributed by atoms with Gasteiger partial charge in [0.15, 0.2) is 0 Å². The minimum atomic E-state index is 0.255. The SMILES string of the molecule is C(/C=C/c1cc(-c2ccccc2)[se+]c(-c2ccccc2)c1)=C1C=C(c2ccccc2)[Se]C(c2ccccc2)=C1. The van der Waals surface area contributed by atoms with Crippen molar-refractivity contribution in [3.8, 4) is 20.0 Å². The van der Waals surface area contributed by atoms with Gasteiger partial charge >= 0.3 is 245 Å². The van der Waals surface area contributed by atoms with E-state index in [0.717, 1.165) is 0 Å². The third-order valence-electron chi connectivity index (χ3n) is 6.44. The Labute approximate surface area is 243 Å². The zero-order chi connectivity index (χ0) is 26.3. The number of hydrogen-bond acceptors (Lipinski definition) is 0. The van der Waals surface area contributed by atoms with Crippen molar-refractivity contribution in [3.05, 3.63) is 180 Å². The maximum atomic E-state index is 2.36. The van der Waals surface area contributed by atoms with E-state index >= 15 is 0 Å². The Balaban J connectivity index is 1.37. The monoisotopic (exact) mass is 631 g/mol. The van der Waals surface area contributed by atoms with Gasteiger partial charge in [0.2, 0.25) is 0 Å². The Kier molecular flexibility index (Phi) is 8.10. The van der Waals surface area contributed by atoms with Crippen LogP contribution in [0.3, 0.4) is 0 Å². The van der Waals surface area contributed by atoms with Crippen LogP contribution in [0.5, 0.6) is 0 Å². The van der Waals surface area contributed by atoms with Crippen LogP contribution < -0.4 is 0 Å². The predicted molar refractivity (Wildman–Crippen MR) is 170 cm³/mol. The summed E-state index contributed by atoms with van der Waals surface area (Å²) in [6, 6.07) is 47.9. The number of rotatable bonds is 6. The Morgan fingerprint density at radius 3 is 1.33 bits per heavy atom. The van der Waals surface area contributed by atoms with Gasteiger partial charge < -0.3 is 0 Å². The molecule has 4 aromatic carbocycles. The summed E-state index contributed by atoms with van der Waals surface area (Å²) in [6.45, 7) is 0. The fraction of sp³-hybridized carbons (Fsp3) is 0. The summed E-state index contributed by atoms with van der Waals surface area (Å²) in [4.78, 5) is 0. The van der Waals surface area contributed by atoms with E-state index in [-0.39, 0.29) is 29.5 Å². The minimum absolute atomic E-state index is 0.255. The summed E-state index contributed by atoms with van der Waals surface area (Å²) < 4.78 is 5.65. The van der Waals surface area contributed by atoms with Gasteiger partial charge in [-0.15, -0.1) is 0 Å². The Bertz CT molecular complexity index is 1560. The van der Waals surface area contributed by atoms with Crippen molar-refractivity contribution in [1.29, 1.82) is 0 Å². The van der Waals surface area contributed by atoms with Gasteiger partial charge in [0.25, 0.3) is 0 Å². The molecule has 0 fully saturated rings. The molecule has 1 aromatic heterocycles. The van der Waals surface area contributed by atoms with E-state index in [1.165, 1.54) is 51.2 Å². The second kappa shape index (κ2) is 12.4. The van der Waals surface area contributed by atoms with Crippen molar-refractivity contribution >= 4 is 44.5 Å². The predicted octanol–water partition coefficient (Wildman–Crippen LogP) is 9.10. The molecule has 2 heterocycles. The van der Waals surface area contributed by atoms with Gasteiger partial charge in [0.1, 0.15) is 0 Å². The standard InChI is InChI=1S/C37H27Se2/c1-5-16-30(17-6-1)34-24-28(25-35(38-34)31-18-7-2-8-19-31)14-13-15-29-26-36(32-20-9-3-10-21-32)39-37(27-29)33-22-11-4-12-23-33/h1-27H/q+1. The molecule has 186 valence electrons. The Morgan fingerprint density at radius 1 is 0.487 bits per heavy atom. The second-order valence-electron chi connectivity index (χ2n) is 9.23. The number of benzene rings is 4. The number of hydrogen-bond donors (Lipinski definition) is 0. The molecular weight excluding hydrogens is 602 g/mol. The topological polar surface area (TPSA) is 0 Å². The van der Waals surface area contributed by atoms with Crippen LogP contribution in [-0.4, -0.2) is 29.5 Å². The molecule has 0 atom stereocenters. The van der Waals surface area contributed by atoms with Crippen molar-refractivity contribution < 1.29 is 0 Å². The Hall–Kier alpha value is -3.77. The van der Waals surface area contributed by atoms with Gasteiger partial charge in [-0.1, -0.05) is 0 Å². The van der Waals surface area contributed by atoms with Crippen LogP contribution in [-0.2, 0) is 0 Å². The summed E-state index contributed by atoms with van der Waals surface area (Å²) >= 11 is 0.509. The van der Waals surface area contributed by atoms with Gasteiger partial charge in [-0.25, -0.2) is 0 Å². The van der Waals surface area contributed by atoms with Crippen LogP contribution in [0.15, 0.2) is 163 Å². The van der Waals surface area contributed by atoms with Crippen molar-refractivity contribution in [3.63, 3.8) is 0 Å². The second-order valence-corrected chi connectivity index (χ2v) is 13.8. The average Bonchev–Trinajstić information content (AvgIpc) is 3.02. The molecule has 0 nitrogen and oxygen atoms in total. The molecule has 0 aliphatic carbocycles. The zero-order valence-corrected chi connectivity index (χ0v) is 24.8. The number of allylic oxidation sites excluding steroid dienone is 5. The third-order valence-corrected chi connectivity index (χ3v) is 11.3. The van der Waals surface area contributed by atoms with Crippen LogP contribution in [0.25, 0.3) is 35.0 Å². The van der Waals surface area contributed by atoms with Gasteiger partial charge in [-0.2, -0.15) is 0 Å². The van der Waals surface area contributed by atoms with Crippen LogP contribution in [0.2, 0.25) is 0 Å². The van der Waals surface area contributed by atoms with Crippen LogP contribution in [0.4, 0.5) is 0 Å². The average molecular weight is 630 g/mol. The molecule has 39 heavy (non-hydrogen) atoms. The van der Waals surface area contributed by atoms with Crippen molar-refractivity contribution in [2.24, 2.45) is 0 Å². The van der Waals surface area contributed by atoms with Crippen molar-refractivity contribution in [2.45, 2.75) is 0 Å². The van der Waals surface area contributed by atoms with E-state index in [4.69, 9.17) is 0 Å². The van der Waals surface area contributed by atoms with Crippen LogP contribution >= 0.6 is 0 Å². The maximum absolute atomic E-state index is 2.36. The first-order chi connectivity index (χ1) is 19.3.